The standard InChI is InChI=1S/C17H21N3O5/c1-17(10-4-5-10)15(22)20(16(23)19-17)9-14(21)18-11-6-12(24-2)8-13(7-11)25-3/h6-8,10H,4-5,9H2,1-3H3,(H,18,21)(H,19,23). The Bertz CT molecular complexity index is 709. The highest BCUT2D eigenvalue weighted by atomic mass is 16.5. The topological polar surface area (TPSA) is 97.0 Å². The summed E-state index contributed by atoms with van der Waals surface area (Å²) in [6.07, 6.45) is 1.82. The van der Waals surface area contributed by atoms with Gasteiger partial charge < -0.3 is 20.1 Å². The number of carbonyl (C=O) groups excluding carboxylic acids is 3. The molecule has 0 spiro atoms. The first-order valence-corrected chi connectivity index (χ1v) is 8.04. The number of hydrogen-bond acceptors (Lipinski definition) is 5. The van der Waals surface area contributed by atoms with E-state index in [0.29, 0.717) is 17.2 Å². The minimum absolute atomic E-state index is 0.152. The van der Waals surface area contributed by atoms with Gasteiger partial charge >= 0.3 is 6.03 Å². The van der Waals surface area contributed by atoms with E-state index in [9.17, 15) is 14.4 Å². The van der Waals surface area contributed by atoms with Crippen LogP contribution in [-0.4, -0.2) is 49.0 Å². The molecule has 2 aliphatic rings. The van der Waals surface area contributed by atoms with E-state index in [-0.39, 0.29) is 18.4 Å². The fraction of sp³-hybridized carbons (Fsp3) is 0.471. The van der Waals surface area contributed by atoms with Gasteiger partial charge in [0.1, 0.15) is 23.6 Å². The number of carbonyl (C=O) groups is 3. The molecule has 1 heterocycles. The second-order valence-electron chi connectivity index (χ2n) is 6.45. The van der Waals surface area contributed by atoms with E-state index < -0.39 is 17.5 Å². The number of nitrogens with zero attached hydrogens (tertiary/aromatic N) is 1. The summed E-state index contributed by atoms with van der Waals surface area (Å²) in [5, 5.41) is 5.37. The average Bonchev–Trinajstić information content (AvgIpc) is 3.40. The smallest absolute Gasteiger partial charge is 0.325 e. The quantitative estimate of drug-likeness (QED) is 0.758. The molecule has 0 bridgehead atoms. The molecule has 1 unspecified atom stereocenters. The summed E-state index contributed by atoms with van der Waals surface area (Å²) in [4.78, 5) is 37.9. The number of hydrogen-bond donors (Lipinski definition) is 2. The molecule has 1 saturated heterocycles. The third-order valence-electron chi connectivity index (χ3n) is 4.63. The van der Waals surface area contributed by atoms with Crippen LogP contribution in [0.15, 0.2) is 18.2 Å². The van der Waals surface area contributed by atoms with Crippen LogP contribution < -0.4 is 20.1 Å². The lowest BCUT2D eigenvalue weighted by molar-refractivity contribution is -0.134. The molecule has 1 aromatic carbocycles. The van der Waals surface area contributed by atoms with Gasteiger partial charge in [-0.05, 0) is 25.7 Å². The van der Waals surface area contributed by atoms with E-state index in [4.69, 9.17) is 9.47 Å². The molecule has 2 N–H and O–H groups in total. The largest absolute Gasteiger partial charge is 0.497 e. The van der Waals surface area contributed by atoms with Crippen molar-refractivity contribution >= 4 is 23.5 Å². The minimum atomic E-state index is -0.892. The summed E-state index contributed by atoms with van der Waals surface area (Å²) in [6.45, 7) is 1.38. The van der Waals surface area contributed by atoms with E-state index in [0.717, 1.165) is 17.7 Å². The molecule has 0 aromatic heterocycles. The van der Waals surface area contributed by atoms with Gasteiger partial charge in [-0.25, -0.2) is 4.79 Å². The Hall–Kier alpha value is -2.77. The van der Waals surface area contributed by atoms with Crippen molar-refractivity contribution in [1.29, 1.82) is 0 Å². The van der Waals surface area contributed by atoms with Gasteiger partial charge in [-0.2, -0.15) is 0 Å². The van der Waals surface area contributed by atoms with Gasteiger partial charge in [0.05, 0.1) is 14.2 Å². The Kier molecular flexibility index (Phi) is 4.28. The predicted octanol–water partition coefficient (Wildman–Crippen LogP) is 1.36. The molecule has 4 amide bonds. The molecule has 1 saturated carbocycles. The zero-order valence-corrected chi connectivity index (χ0v) is 14.4. The molecule has 25 heavy (non-hydrogen) atoms. The van der Waals surface area contributed by atoms with Crippen molar-refractivity contribution in [2.45, 2.75) is 25.3 Å². The maximum atomic E-state index is 12.5. The van der Waals surface area contributed by atoms with Crippen LogP contribution in [0.4, 0.5) is 10.5 Å². The van der Waals surface area contributed by atoms with Crippen molar-refractivity contribution in [3.05, 3.63) is 18.2 Å². The van der Waals surface area contributed by atoms with Crippen LogP contribution in [0.3, 0.4) is 0 Å². The minimum Gasteiger partial charge on any atom is -0.497 e. The number of ether oxygens (including phenoxy) is 2. The highest BCUT2D eigenvalue weighted by Gasteiger charge is 2.56. The summed E-state index contributed by atoms with van der Waals surface area (Å²) < 4.78 is 10.3. The Morgan fingerprint density at radius 3 is 2.36 bits per heavy atom. The molecule has 3 rings (SSSR count). The van der Waals surface area contributed by atoms with Gasteiger partial charge in [0.2, 0.25) is 5.91 Å². The SMILES string of the molecule is COc1cc(NC(=O)CN2C(=O)NC(C)(C3CC3)C2=O)cc(OC)c1. The lowest BCUT2D eigenvalue weighted by atomic mass is 9.96. The monoisotopic (exact) mass is 347 g/mol. The van der Waals surface area contributed by atoms with Crippen molar-refractivity contribution in [1.82, 2.24) is 10.2 Å². The van der Waals surface area contributed by atoms with Gasteiger partial charge in [-0.3, -0.25) is 14.5 Å². The summed E-state index contributed by atoms with van der Waals surface area (Å²) in [5.41, 5.74) is -0.436. The van der Waals surface area contributed by atoms with Gasteiger partial charge in [-0.1, -0.05) is 0 Å². The van der Waals surface area contributed by atoms with Crippen LogP contribution in [0.2, 0.25) is 0 Å². The number of nitrogens with one attached hydrogen (secondary N) is 2. The van der Waals surface area contributed by atoms with E-state index in [1.54, 1.807) is 25.1 Å². The van der Waals surface area contributed by atoms with E-state index >= 15 is 0 Å². The highest BCUT2D eigenvalue weighted by molar-refractivity contribution is 6.10. The zero-order valence-electron chi connectivity index (χ0n) is 14.4. The van der Waals surface area contributed by atoms with Crippen LogP contribution in [0.25, 0.3) is 0 Å². The fourth-order valence-corrected chi connectivity index (χ4v) is 3.02. The number of imide groups is 1. The van der Waals surface area contributed by atoms with Crippen LogP contribution in [0, 0.1) is 5.92 Å². The van der Waals surface area contributed by atoms with Gasteiger partial charge in [0.15, 0.2) is 0 Å². The predicted molar refractivity (Wildman–Crippen MR) is 89.5 cm³/mol. The number of rotatable bonds is 6. The summed E-state index contributed by atoms with van der Waals surface area (Å²) in [7, 11) is 3.01. The van der Waals surface area contributed by atoms with Gasteiger partial charge in [0.25, 0.3) is 5.91 Å². The van der Waals surface area contributed by atoms with Gasteiger partial charge in [-0.15, -0.1) is 0 Å². The van der Waals surface area contributed by atoms with Crippen LogP contribution >= 0.6 is 0 Å². The van der Waals surface area contributed by atoms with Crippen LogP contribution in [0.1, 0.15) is 19.8 Å². The second-order valence-corrected chi connectivity index (χ2v) is 6.45. The van der Waals surface area contributed by atoms with Crippen molar-refractivity contribution in [2.24, 2.45) is 5.92 Å². The number of anilines is 1. The van der Waals surface area contributed by atoms with Crippen molar-refractivity contribution < 1.29 is 23.9 Å². The molecule has 134 valence electrons. The van der Waals surface area contributed by atoms with E-state index in [1.807, 2.05) is 0 Å². The molecule has 1 aliphatic heterocycles. The molecule has 8 nitrogen and oxygen atoms in total. The molecule has 1 aliphatic carbocycles. The van der Waals surface area contributed by atoms with Crippen LogP contribution in [-0.2, 0) is 9.59 Å². The Morgan fingerprint density at radius 1 is 1.24 bits per heavy atom. The number of amides is 4. The molecule has 8 heteroatoms. The number of urea groups is 1. The average molecular weight is 347 g/mol. The summed E-state index contributed by atoms with van der Waals surface area (Å²) in [5.74, 6) is 0.369. The second kappa shape index (κ2) is 6.27. The van der Waals surface area contributed by atoms with Crippen molar-refractivity contribution in [3.63, 3.8) is 0 Å². The molecule has 0 radical (unpaired) electrons. The van der Waals surface area contributed by atoms with Crippen molar-refractivity contribution in [3.8, 4) is 11.5 Å². The fourth-order valence-electron chi connectivity index (χ4n) is 3.02. The molecule has 1 atom stereocenters. The summed E-state index contributed by atoms with van der Waals surface area (Å²) in [6, 6.07) is 4.40. The maximum Gasteiger partial charge on any atom is 0.325 e. The normalized spacial score (nSPS) is 22.6. The first-order valence-electron chi connectivity index (χ1n) is 8.04. The number of benzene rings is 1. The lowest BCUT2D eigenvalue weighted by Crippen LogP contribution is -2.46. The van der Waals surface area contributed by atoms with E-state index in [1.165, 1.54) is 14.2 Å². The number of methoxy groups -OCH3 is 2. The molecule has 2 fully saturated rings. The molecule has 1 aromatic rings. The maximum absolute atomic E-state index is 12.5. The highest BCUT2D eigenvalue weighted by Crippen LogP contribution is 2.42. The molecular weight excluding hydrogens is 326 g/mol. The third kappa shape index (κ3) is 3.24. The van der Waals surface area contributed by atoms with Crippen LogP contribution in [0.5, 0.6) is 11.5 Å². The lowest BCUT2D eigenvalue weighted by Gasteiger charge is -2.20. The Balaban J connectivity index is 1.68. The van der Waals surface area contributed by atoms with Gasteiger partial charge in [0, 0.05) is 23.9 Å². The first-order chi connectivity index (χ1) is 11.9. The zero-order chi connectivity index (χ0) is 18.2. The first kappa shape index (κ1) is 17.1. The third-order valence-corrected chi connectivity index (χ3v) is 4.63. The molecular formula is C17H21N3O5. The van der Waals surface area contributed by atoms with E-state index in [2.05, 4.69) is 10.6 Å². The summed E-state index contributed by atoms with van der Waals surface area (Å²) >= 11 is 0. The Labute approximate surface area is 145 Å². The van der Waals surface area contributed by atoms with Crippen molar-refractivity contribution in [2.75, 3.05) is 26.1 Å². The Morgan fingerprint density at radius 2 is 1.84 bits per heavy atom.